The maximum Gasteiger partial charge on any atom is 0.256 e. The van der Waals surface area contributed by atoms with Crippen molar-refractivity contribution in [1.29, 1.82) is 0 Å². The Balaban J connectivity index is 2.88. The molecule has 0 aliphatic heterocycles. The van der Waals surface area contributed by atoms with Crippen LogP contribution in [0.4, 0.5) is 5.69 Å². The summed E-state index contributed by atoms with van der Waals surface area (Å²) in [4.78, 5) is 12.8. The molecule has 142 valence electrons. The maximum absolute atomic E-state index is 12.8. The molecular formula is C21H35NO3. The Labute approximate surface area is 153 Å². The third kappa shape index (κ3) is 6.35. The number of anilines is 1. The summed E-state index contributed by atoms with van der Waals surface area (Å²) in [7, 11) is 0. The van der Waals surface area contributed by atoms with Gasteiger partial charge in [0.15, 0.2) is 0 Å². The number of hydrogen-bond donors (Lipinski definition) is 1. The summed E-state index contributed by atoms with van der Waals surface area (Å²) in [6, 6.07) is 3.94. The molecule has 0 aromatic heterocycles. The van der Waals surface area contributed by atoms with Crippen molar-refractivity contribution in [3.05, 3.63) is 23.3 Å². The minimum atomic E-state index is -0.789. The number of carbonyl (C=O) groups is 1. The first-order valence-corrected chi connectivity index (χ1v) is 9.57. The molecule has 0 saturated heterocycles. The molecule has 0 aliphatic carbocycles. The summed E-state index contributed by atoms with van der Waals surface area (Å²) in [5.41, 5.74) is 2.09. The van der Waals surface area contributed by atoms with E-state index in [0.717, 1.165) is 54.9 Å². The van der Waals surface area contributed by atoms with Crippen molar-refractivity contribution in [3.8, 4) is 5.75 Å². The zero-order valence-electron chi connectivity index (χ0n) is 16.8. The molecule has 0 unspecified atom stereocenters. The lowest BCUT2D eigenvalue weighted by molar-refractivity contribution is -0.140. The third-order valence-electron chi connectivity index (χ3n) is 4.29. The van der Waals surface area contributed by atoms with E-state index in [1.165, 1.54) is 0 Å². The fraction of sp³-hybridized carbons (Fsp3) is 0.667. The number of hydrogen-bond acceptors (Lipinski definition) is 3. The van der Waals surface area contributed by atoms with Gasteiger partial charge in [0.1, 0.15) is 11.4 Å². The van der Waals surface area contributed by atoms with Gasteiger partial charge in [0.05, 0.1) is 6.61 Å². The molecule has 0 bridgehead atoms. The van der Waals surface area contributed by atoms with Gasteiger partial charge in [-0.25, -0.2) is 0 Å². The van der Waals surface area contributed by atoms with Crippen molar-refractivity contribution >= 4 is 11.6 Å². The summed E-state index contributed by atoms with van der Waals surface area (Å²) in [5.74, 6) is 0.839. The van der Waals surface area contributed by atoms with E-state index in [4.69, 9.17) is 9.47 Å². The van der Waals surface area contributed by atoms with Gasteiger partial charge >= 0.3 is 0 Å². The molecule has 4 nitrogen and oxygen atoms in total. The lowest BCUT2D eigenvalue weighted by atomic mass is 9.98. The normalized spacial score (nSPS) is 13.4. The van der Waals surface area contributed by atoms with Crippen LogP contribution in [-0.4, -0.2) is 24.7 Å². The molecule has 0 aliphatic rings. The second-order valence-electron chi connectivity index (χ2n) is 6.92. The van der Waals surface area contributed by atoms with Gasteiger partial charge in [-0.05, 0) is 63.3 Å². The molecule has 1 rings (SSSR count). The van der Waals surface area contributed by atoms with Crippen molar-refractivity contribution < 1.29 is 14.3 Å². The van der Waals surface area contributed by atoms with Crippen LogP contribution in [0, 0.1) is 13.8 Å². The van der Waals surface area contributed by atoms with Gasteiger partial charge in [0.25, 0.3) is 5.91 Å². The predicted molar refractivity (Wildman–Crippen MR) is 105 cm³/mol. The lowest BCUT2D eigenvalue weighted by Crippen LogP contribution is -2.43. The molecule has 1 aromatic carbocycles. The zero-order chi connectivity index (χ0) is 18.9. The summed E-state index contributed by atoms with van der Waals surface area (Å²) in [6.07, 6.45) is 4.65. The van der Waals surface area contributed by atoms with Crippen LogP contribution in [0.2, 0.25) is 0 Å². The molecule has 0 heterocycles. The average molecular weight is 350 g/mol. The number of ether oxygens (including phenoxy) is 2. The molecule has 0 fully saturated rings. The van der Waals surface area contributed by atoms with Crippen LogP contribution < -0.4 is 10.1 Å². The number of rotatable bonds is 11. The number of benzene rings is 1. The Morgan fingerprint density at radius 3 is 2.20 bits per heavy atom. The molecule has 0 radical (unpaired) electrons. The number of nitrogens with one attached hydrogen (secondary N) is 1. The third-order valence-corrected chi connectivity index (χ3v) is 4.29. The van der Waals surface area contributed by atoms with Gasteiger partial charge < -0.3 is 14.8 Å². The monoisotopic (exact) mass is 349 g/mol. The number of aryl methyl sites for hydroxylation is 2. The first kappa shape index (κ1) is 21.5. The number of amides is 1. The smallest absolute Gasteiger partial charge is 0.256 e. The molecule has 0 spiro atoms. The van der Waals surface area contributed by atoms with E-state index in [0.29, 0.717) is 13.0 Å². The second kappa shape index (κ2) is 10.4. The van der Waals surface area contributed by atoms with Crippen molar-refractivity contribution in [3.63, 3.8) is 0 Å². The first-order valence-electron chi connectivity index (χ1n) is 9.57. The average Bonchev–Trinajstić information content (AvgIpc) is 2.55. The number of carbonyl (C=O) groups excluding carboxylic acids is 1. The Morgan fingerprint density at radius 2 is 1.68 bits per heavy atom. The van der Waals surface area contributed by atoms with Crippen LogP contribution in [0.3, 0.4) is 0 Å². The van der Waals surface area contributed by atoms with Gasteiger partial charge in [-0.1, -0.05) is 33.6 Å². The van der Waals surface area contributed by atoms with Gasteiger partial charge in [0.2, 0.25) is 0 Å². The molecule has 25 heavy (non-hydrogen) atoms. The van der Waals surface area contributed by atoms with E-state index in [1.807, 2.05) is 39.8 Å². The molecule has 4 heteroatoms. The Hall–Kier alpha value is -1.55. The highest BCUT2D eigenvalue weighted by Crippen LogP contribution is 2.29. The van der Waals surface area contributed by atoms with Crippen LogP contribution in [-0.2, 0) is 9.53 Å². The fourth-order valence-electron chi connectivity index (χ4n) is 2.89. The summed E-state index contributed by atoms with van der Waals surface area (Å²) >= 11 is 0. The Kier molecular flexibility index (Phi) is 8.98. The van der Waals surface area contributed by atoms with Crippen LogP contribution in [0.25, 0.3) is 0 Å². The van der Waals surface area contributed by atoms with E-state index in [2.05, 4.69) is 19.2 Å². The van der Waals surface area contributed by atoms with E-state index < -0.39 is 5.60 Å². The fourth-order valence-corrected chi connectivity index (χ4v) is 2.89. The Bertz CT molecular complexity index is 533. The first-order chi connectivity index (χ1) is 11.9. The highest BCUT2D eigenvalue weighted by atomic mass is 16.5. The van der Waals surface area contributed by atoms with E-state index in [9.17, 15) is 4.79 Å². The van der Waals surface area contributed by atoms with E-state index in [-0.39, 0.29) is 5.91 Å². The van der Waals surface area contributed by atoms with Crippen molar-refractivity contribution in [2.45, 2.75) is 79.2 Å². The highest BCUT2D eigenvalue weighted by molar-refractivity contribution is 5.97. The topological polar surface area (TPSA) is 47.6 Å². The molecule has 1 N–H and O–H groups in total. The van der Waals surface area contributed by atoms with Crippen molar-refractivity contribution in [2.75, 3.05) is 18.5 Å². The van der Waals surface area contributed by atoms with E-state index in [1.54, 1.807) is 0 Å². The maximum atomic E-state index is 12.8. The molecule has 1 aromatic rings. The minimum Gasteiger partial charge on any atom is -0.493 e. The number of unbranched alkanes of at least 4 members (excludes halogenated alkanes) is 1. The highest BCUT2D eigenvalue weighted by Gasteiger charge is 2.33. The van der Waals surface area contributed by atoms with Gasteiger partial charge in [-0.15, -0.1) is 0 Å². The minimum absolute atomic E-state index is 0.0822. The van der Waals surface area contributed by atoms with Crippen LogP contribution in [0.1, 0.15) is 70.9 Å². The molecule has 0 saturated carbocycles. The Morgan fingerprint density at radius 1 is 1.04 bits per heavy atom. The van der Waals surface area contributed by atoms with Crippen LogP contribution >= 0.6 is 0 Å². The van der Waals surface area contributed by atoms with Crippen molar-refractivity contribution in [1.82, 2.24) is 0 Å². The second-order valence-corrected chi connectivity index (χ2v) is 6.92. The zero-order valence-corrected chi connectivity index (χ0v) is 16.8. The van der Waals surface area contributed by atoms with Gasteiger partial charge in [-0.2, -0.15) is 0 Å². The van der Waals surface area contributed by atoms with Crippen molar-refractivity contribution in [2.24, 2.45) is 0 Å². The standard InChI is InChI=1S/C21H35NO3/c1-7-10-13-24-19-16(4)14-18(15-17(19)5)22-20(23)21(6,11-8-2)25-12-9-3/h14-15H,7-13H2,1-6H3,(H,22,23)/t21-/m1/s1. The largest absolute Gasteiger partial charge is 0.493 e. The van der Waals surface area contributed by atoms with Crippen LogP contribution in [0.5, 0.6) is 5.75 Å². The van der Waals surface area contributed by atoms with E-state index >= 15 is 0 Å². The van der Waals surface area contributed by atoms with Gasteiger partial charge in [-0.3, -0.25) is 4.79 Å². The SMILES string of the molecule is CCCCOc1c(C)cc(NC(=O)[C@@](C)(CCC)OCCC)cc1C. The summed E-state index contributed by atoms with van der Waals surface area (Å²) < 4.78 is 11.8. The lowest BCUT2D eigenvalue weighted by Gasteiger charge is -2.28. The molecule has 1 amide bonds. The predicted octanol–water partition coefficient (Wildman–Crippen LogP) is 5.41. The summed E-state index contributed by atoms with van der Waals surface area (Å²) in [5, 5.41) is 3.03. The van der Waals surface area contributed by atoms with Gasteiger partial charge in [0, 0.05) is 12.3 Å². The van der Waals surface area contributed by atoms with Crippen LogP contribution in [0.15, 0.2) is 12.1 Å². The quantitative estimate of drug-likeness (QED) is 0.544. The molecule has 1 atom stereocenters. The summed E-state index contributed by atoms with van der Waals surface area (Å²) in [6.45, 7) is 13.5. The molecular weight excluding hydrogens is 314 g/mol.